The van der Waals surface area contributed by atoms with Crippen molar-refractivity contribution in [2.24, 2.45) is 0 Å². The maximum atomic E-state index is 9.69. The fourth-order valence-corrected chi connectivity index (χ4v) is 4.49. The number of benzene rings is 3. The first-order valence-electron chi connectivity index (χ1n) is 15.4. The van der Waals surface area contributed by atoms with Crippen LogP contribution in [0, 0.1) is 0 Å². The third-order valence-electron chi connectivity index (χ3n) is 7.24. The molecule has 2 aliphatic rings. The third kappa shape index (κ3) is 13.3. The van der Waals surface area contributed by atoms with Crippen molar-refractivity contribution in [1.29, 1.82) is 0 Å². The first kappa shape index (κ1) is 40.4. The number of carbonyl (C=O) groups excluding carboxylic acids is 1. The number of ketones is 1. The maximum Gasteiger partial charge on any atom is 0.152 e. The van der Waals surface area contributed by atoms with E-state index in [4.69, 9.17) is 12.6 Å². The van der Waals surface area contributed by atoms with E-state index in [1.807, 2.05) is 20.9 Å². The van der Waals surface area contributed by atoms with Gasteiger partial charge in [-0.2, -0.15) is 0 Å². The van der Waals surface area contributed by atoms with Crippen LogP contribution in [0.25, 0.3) is 16.3 Å². The first-order chi connectivity index (χ1) is 20.6. The van der Waals surface area contributed by atoms with Gasteiger partial charge in [-0.1, -0.05) is 133 Å². The number of hydrogen-bond acceptors (Lipinski definition) is 3. The fourth-order valence-electron chi connectivity index (χ4n) is 4.49. The summed E-state index contributed by atoms with van der Waals surface area (Å²) in [5.41, 5.74) is 7.79. The lowest BCUT2D eigenvalue weighted by molar-refractivity contribution is -0.112. The molecule has 0 atom stereocenters. The zero-order valence-electron chi connectivity index (χ0n) is 27.7. The number of allylic oxidation sites excluding steroid dienone is 3. The number of carbonyl (C=O) groups is 1. The molecule has 1 N–H and O–H groups in total. The summed E-state index contributed by atoms with van der Waals surface area (Å²) in [6.45, 7) is 24.6. The summed E-state index contributed by atoms with van der Waals surface area (Å²) in [7, 11) is 7.88. The average molecular weight is 594 g/mol. The van der Waals surface area contributed by atoms with Gasteiger partial charge in [0.15, 0.2) is 5.78 Å². The molecule has 1 aliphatic carbocycles. The van der Waals surface area contributed by atoms with E-state index in [-0.39, 0.29) is 13.2 Å². The van der Waals surface area contributed by atoms with Crippen LogP contribution in [0.3, 0.4) is 0 Å². The summed E-state index contributed by atoms with van der Waals surface area (Å²) >= 11 is 0. The quantitative estimate of drug-likeness (QED) is 0.229. The highest BCUT2D eigenvalue weighted by molar-refractivity contribution is 6.33. The lowest BCUT2D eigenvalue weighted by Gasteiger charge is -2.14. The molecule has 4 heteroatoms. The van der Waals surface area contributed by atoms with Crippen LogP contribution in [0.5, 0.6) is 0 Å². The Bertz CT molecular complexity index is 1380. The van der Waals surface area contributed by atoms with Crippen molar-refractivity contribution >= 4 is 35.4 Å². The summed E-state index contributed by atoms with van der Waals surface area (Å²) in [5.74, 6) is 0.861. The smallest absolute Gasteiger partial charge is 0.152 e. The molecule has 1 heterocycles. The van der Waals surface area contributed by atoms with E-state index in [1.165, 1.54) is 58.9 Å². The topological polar surface area (TPSA) is 38.3 Å². The molecule has 2 fully saturated rings. The van der Waals surface area contributed by atoms with Crippen LogP contribution in [0.4, 0.5) is 0 Å². The minimum atomic E-state index is 0. The van der Waals surface area contributed by atoms with E-state index in [9.17, 15) is 4.79 Å². The van der Waals surface area contributed by atoms with E-state index in [2.05, 4.69) is 113 Å². The van der Waals surface area contributed by atoms with Gasteiger partial charge in [0.2, 0.25) is 0 Å². The van der Waals surface area contributed by atoms with Crippen LogP contribution in [-0.2, 0) is 21.4 Å². The van der Waals surface area contributed by atoms with Crippen molar-refractivity contribution in [3.8, 4) is 0 Å². The summed E-state index contributed by atoms with van der Waals surface area (Å²) in [4.78, 5) is 9.69. The molecule has 3 aromatic carbocycles. The lowest BCUT2D eigenvalue weighted by Crippen LogP contribution is -2.09. The molecule has 1 aliphatic heterocycles. The Hall–Kier alpha value is -3.63. The highest BCUT2D eigenvalue weighted by atomic mass is 16.5. The largest absolute Gasteiger partial charge is 0.494 e. The zero-order valence-corrected chi connectivity index (χ0v) is 27.7. The van der Waals surface area contributed by atoms with Crippen molar-refractivity contribution in [2.45, 2.75) is 80.1 Å². The number of rotatable bonds is 6. The highest BCUT2D eigenvalue weighted by Crippen LogP contribution is 2.49. The van der Waals surface area contributed by atoms with E-state index >= 15 is 0 Å². The number of nitrogens with one attached hydrogen (secondary N) is 1. The number of hydrogen-bond donors (Lipinski definition) is 1. The molecule has 1 saturated heterocycles. The second-order valence-corrected chi connectivity index (χ2v) is 10.8. The van der Waals surface area contributed by atoms with Crippen molar-refractivity contribution in [2.75, 3.05) is 20.2 Å². The number of fused-ring (bicyclic) bond motifs is 1. The Labute approximate surface area is 270 Å². The normalized spacial score (nSPS) is 14.3. The van der Waals surface area contributed by atoms with Crippen molar-refractivity contribution in [3.05, 3.63) is 121 Å². The molecule has 0 bridgehead atoms. The molecule has 236 valence electrons. The van der Waals surface area contributed by atoms with E-state index in [1.54, 1.807) is 0 Å². The van der Waals surface area contributed by atoms with Gasteiger partial charge < -0.3 is 10.1 Å². The van der Waals surface area contributed by atoms with Crippen LogP contribution < -0.4 is 10.8 Å². The SMILES string of the molecule is C.C=C(C)c1ccccc1CC.C=C1OCC/C1=C\CNC.C=CC(C)=O.CC.[B]c1cc(C2(C)CC2)c2ccccc2c1. The van der Waals surface area contributed by atoms with Gasteiger partial charge >= 0.3 is 0 Å². The predicted octanol–water partition coefficient (Wildman–Crippen LogP) is 9.46. The second-order valence-electron chi connectivity index (χ2n) is 10.8. The Balaban J connectivity index is 0.000000576. The maximum absolute atomic E-state index is 9.69. The molecule has 1 saturated carbocycles. The standard InChI is InChI=1S/C14H13B.C11H14.C8H13NO.C4H6O.C2H6.CH4/c1-14(6-7-14)13-9-11(15)8-10-4-2-3-5-12(10)13;1-4-10-7-5-6-8-11(10)9(2)3;1-7-8(3-5-9-2)4-6-10-7;1-3-4(2)5;1-2;/h2-5,8-9H,6-7H2,1H3;5-8H,2,4H2,1,3H3;3,9H,1,4-6H2,2H3;3H,1H2,2H3;1-2H3;1H4/b;;8-3+;;;. The van der Waals surface area contributed by atoms with Gasteiger partial charge in [-0.05, 0) is 84.7 Å². The minimum Gasteiger partial charge on any atom is -0.494 e. The third-order valence-corrected chi connectivity index (χ3v) is 7.24. The second kappa shape index (κ2) is 21.1. The zero-order chi connectivity index (χ0) is 32.4. The number of likely N-dealkylation sites (N-methyl/N-ethyl adjacent to an activating group) is 1. The Morgan fingerprint density at radius 3 is 2.14 bits per heavy atom. The highest BCUT2D eigenvalue weighted by Gasteiger charge is 2.39. The van der Waals surface area contributed by atoms with Crippen molar-refractivity contribution in [1.82, 2.24) is 5.32 Å². The van der Waals surface area contributed by atoms with Gasteiger partial charge in [0.05, 0.1) is 6.61 Å². The number of aryl methyl sites for hydroxylation is 1. The molecular weight excluding hydrogens is 537 g/mol. The molecule has 0 amide bonds. The molecule has 3 aromatic rings. The molecular formula is C40H56BNO2. The van der Waals surface area contributed by atoms with E-state index in [0.29, 0.717) is 5.41 Å². The van der Waals surface area contributed by atoms with E-state index < -0.39 is 0 Å². The van der Waals surface area contributed by atoms with Gasteiger partial charge in [0.1, 0.15) is 13.6 Å². The molecule has 0 aromatic heterocycles. The van der Waals surface area contributed by atoms with Gasteiger partial charge in [-0.3, -0.25) is 4.79 Å². The molecule has 3 nitrogen and oxygen atoms in total. The first-order valence-corrected chi connectivity index (χ1v) is 15.4. The van der Waals surface area contributed by atoms with Gasteiger partial charge in [0, 0.05) is 13.0 Å². The molecule has 5 rings (SSSR count). The van der Waals surface area contributed by atoms with Crippen LogP contribution in [0.15, 0.2) is 104 Å². The monoisotopic (exact) mass is 593 g/mol. The fraction of sp³-hybridized carbons (Fsp3) is 0.375. The summed E-state index contributed by atoms with van der Waals surface area (Å²) < 4.78 is 5.17. The summed E-state index contributed by atoms with van der Waals surface area (Å²) in [6, 6.07) is 21.1. The lowest BCUT2D eigenvalue weighted by atomic mass is 9.85. The molecule has 0 unspecified atom stereocenters. The average Bonchev–Trinajstić information content (AvgIpc) is 3.64. The van der Waals surface area contributed by atoms with Gasteiger partial charge in [-0.25, -0.2) is 0 Å². The molecule has 44 heavy (non-hydrogen) atoms. The number of ether oxygens (including phenoxy) is 1. The summed E-state index contributed by atoms with van der Waals surface area (Å²) in [5, 5.41) is 5.67. The predicted molar refractivity (Wildman–Crippen MR) is 197 cm³/mol. The Morgan fingerprint density at radius 2 is 1.66 bits per heavy atom. The molecule has 0 spiro atoms. The summed E-state index contributed by atoms with van der Waals surface area (Å²) in [6.07, 6.45) is 8.08. The van der Waals surface area contributed by atoms with Crippen molar-refractivity contribution < 1.29 is 9.53 Å². The van der Waals surface area contributed by atoms with E-state index in [0.717, 1.165) is 42.8 Å². The Morgan fingerprint density at radius 1 is 1.07 bits per heavy atom. The minimum absolute atomic E-state index is 0. The Kier molecular flexibility index (Phi) is 19.4. The van der Waals surface area contributed by atoms with Crippen LogP contribution in [0.2, 0.25) is 0 Å². The van der Waals surface area contributed by atoms with Crippen LogP contribution >= 0.6 is 0 Å². The molecule has 2 radical (unpaired) electrons. The van der Waals surface area contributed by atoms with Crippen LogP contribution in [0.1, 0.15) is 84.9 Å². The van der Waals surface area contributed by atoms with Gasteiger partial charge in [0.25, 0.3) is 0 Å². The van der Waals surface area contributed by atoms with Crippen LogP contribution in [-0.4, -0.2) is 33.8 Å². The van der Waals surface area contributed by atoms with Crippen molar-refractivity contribution in [3.63, 3.8) is 0 Å². The van der Waals surface area contributed by atoms with Gasteiger partial charge in [-0.15, -0.1) is 0 Å².